The van der Waals surface area contributed by atoms with E-state index in [-0.39, 0.29) is 42.4 Å². The SMILES string of the molecule is O=C(NC[C@H]1C[C@H]1C(=O)N1C(C(=O)O)CC2OCCC21)OCC1c2ccccc2-c2ccccc21. The molecule has 2 heterocycles. The molecule has 2 aliphatic heterocycles. The second-order valence-corrected chi connectivity index (χ2v) is 9.91. The van der Waals surface area contributed by atoms with Crippen molar-refractivity contribution in [1.82, 2.24) is 10.2 Å². The van der Waals surface area contributed by atoms with Gasteiger partial charge in [0.05, 0.1) is 12.1 Å². The van der Waals surface area contributed by atoms with E-state index >= 15 is 0 Å². The van der Waals surface area contributed by atoms with Gasteiger partial charge >= 0.3 is 12.1 Å². The highest BCUT2D eigenvalue weighted by atomic mass is 16.5. The minimum absolute atomic E-state index is 0.00111. The standard InChI is InChI=1S/C27H28N2O6/c30-25(29-22-9-10-34-24(22)12-23(29)26(31)32)20-11-15(20)13-28-27(33)35-14-21-18-7-3-1-5-16(18)17-6-2-4-8-19(17)21/h1-8,15,20-24H,9-14H2,(H,28,33)(H,31,32)/t15-,20-,22?,23?,24?/m1/s1. The number of carbonyl (C=O) groups is 3. The molecule has 0 aromatic heterocycles. The minimum atomic E-state index is -0.981. The van der Waals surface area contributed by atoms with E-state index in [1.165, 1.54) is 16.0 Å². The number of benzene rings is 2. The van der Waals surface area contributed by atoms with Crippen LogP contribution in [0.3, 0.4) is 0 Å². The highest BCUT2D eigenvalue weighted by molar-refractivity contribution is 5.88. The van der Waals surface area contributed by atoms with Crippen molar-refractivity contribution in [3.8, 4) is 11.1 Å². The van der Waals surface area contributed by atoms with E-state index in [1.54, 1.807) is 0 Å². The second kappa shape index (κ2) is 8.68. The molecule has 2 N–H and O–H groups in total. The van der Waals surface area contributed by atoms with Crippen LogP contribution in [-0.4, -0.2) is 65.9 Å². The van der Waals surface area contributed by atoms with Gasteiger partial charge in [-0.2, -0.15) is 0 Å². The summed E-state index contributed by atoms with van der Waals surface area (Å²) < 4.78 is 11.2. The Morgan fingerprint density at radius 3 is 2.40 bits per heavy atom. The van der Waals surface area contributed by atoms with E-state index in [1.807, 2.05) is 24.3 Å². The zero-order valence-electron chi connectivity index (χ0n) is 19.3. The monoisotopic (exact) mass is 476 g/mol. The molecule has 0 spiro atoms. The first-order valence-electron chi connectivity index (χ1n) is 12.3. The number of hydrogen-bond donors (Lipinski definition) is 2. The van der Waals surface area contributed by atoms with Gasteiger partial charge in [-0.15, -0.1) is 0 Å². The number of alkyl carbamates (subject to hydrolysis) is 1. The average Bonchev–Trinajstić information content (AvgIpc) is 3.18. The molecule has 6 rings (SSSR count). The maximum absolute atomic E-state index is 13.1. The quantitative estimate of drug-likeness (QED) is 0.664. The average molecular weight is 477 g/mol. The number of ether oxygens (including phenoxy) is 2. The zero-order valence-corrected chi connectivity index (χ0v) is 19.3. The number of carboxylic acids is 1. The highest BCUT2D eigenvalue weighted by Gasteiger charge is 2.55. The van der Waals surface area contributed by atoms with Crippen molar-refractivity contribution in [1.29, 1.82) is 0 Å². The van der Waals surface area contributed by atoms with E-state index in [2.05, 4.69) is 29.6 Å². The van der Waals surface area contributed by atoms with Crippen molar-refractivity contribution in [2.24, 2.45) is 11.8 Å². The van der Waals surface area contributed by atoms with Crippen molar-refractivity contribution in [2.75, 3.05) is 19.8 Å². The molecule has 2 amide bonds. The van der Waals surface area contributed by atoms with Crippen molar-refractivity contribution in [3.63, 3.8) is 0 Å². The fourth-order valence-electron chi connectivity index (χ4n) is 6.11. The summed E-state index contributed by atoms with van der Waals surface area (Å²) in [4.78, 5) is 38.8. The summed E-state index contributed by atoms with van der Waals surface area (Å²) >= 11 is 0. The lowest BCUT2D eigenvalue weighted by Gasteiger charge is -2.27. The Hall–Kier alpha value is -3.39. The number of fused-ring (bicyclic) bond motifs is 4. The summed E-state index contributed by atoms with van der Waals surface area (Å²) in [7, 11) is 0. The Bertz CT molecular complexity index is 1140. The largest absolute Gasteiger partial charge is 0.480 e. The third-order valence-electron chi connectivity index (χ3n) is 7.95. The van der Waals surface area contributed by atoms with E-state index in [9.17, 15) is 19.5 Å². The van der Waals surface area contributed by atoms with Crippen molar-refractivity contribution in [2.45, 2.75) is 43.4 Å². The Balaban J connectivity index is 1.02. The molecule has 2 aromatic carbocycles. The van der Waals surface area contributed by atoms with Crippen LogP contribution in [0.4, 0.5) is 4.79 Å². The number of carbonyl (C=O) groups excluding carboxylic acids is 2. The molecule has 2 aromatic rings. The molecule has 1 saturated carbocycles. The molecule has 2 saturated heterocycles. The van der Waals surface area contributed by atoms with Gasteiger partial charge in [0.15, 0.2) is 0 Å². The first-order valence-corrected chi connectivity index (χ1v) is 12.3. The lowest BCUT2D eigenvalue weighted by molar-refractivity contribution is -0.150. The molecule has 4 aliphatic rings. The molecular formula is C27H28N2O6. The van der Waals surface area contributed by atoms with Gasteiger partial charge in [-0.05, 0) is 41.0 Å². The minimum Gasteiger partial charge on any atom is -0.480 e. The molecule has 0 radical (unpaired) electrons. The van der Waals surface area contributed by atoms with E-state index < -0.39 is 18.1 Å². The molecule has 2 aliphatic carbocycles. The zero-order chi connectivity index (χ0) is 24.1. The van der Waals surface area contributed by atoms with Crippen LogP contribution in [-0.2, 0) is 19.1 Å². The first-order chi connectivity index (χ1) is 17.0. The summed E-state index contributed by atoms with van der Waals surface area (Å²) in [5.74, 6) is -1.38. The molecule has 3 unspecified atom stereocenters. The molecule has 35 heavy (non-hydrogen) atoms. The predicted octanol–water partition coefficient (Wildman–Crippen LogP) is 3.00. The van der Waals surface area contributed by atoms with Crippen LogP contribution in [0.15, 0.2) is 48.5 Å². The van der Waals surface area contributed by atoms with Crippen LogP contribution < -0.4 is 5.32 Å². The molecular weight excluding hydrogens is 448 g/mol. The highest BCUT2D eigenvalue weighted by Crippen LogP contribution is 2.45. The van der Waals surface area contributed by atoms with Crippen LogP contribution in [0.25, 0.3) is 11.1 Å². The summed E-state index contributed by atoms with van der Waals surface area (Å²) in [5.41, 5.74) is 4.66. The number of rotatable bonds is 6. The Morgan fingerprint density at radius 1 is 1.03 bits per heavy atom. The number of aliphatic carboxylic acids is 1. The number of hydrogen-bond acceptors (Lipinski definition) is 5. The van der Waals surface area contributed by atoms with Crippen molar-refractivity contribution in [3.05, 3.63) is 59.7 Å². The van der Waals surface area contributed by atoms with E-state index in [0.717, 1.165) is 11.1 Å². The number of amides is 2. The number of carboxylic acid groups (broad SMARTS) is 1. The Labute approximate surface area is 203 Å². The summed E-state index contributed by atoms with van der Waals surface area (Å²) in [6, 6.07) is 15.4. The first kappa shape index (κ1) is 22.1. The summed E-state index contributed by atoms with van der Waals surface area (Å²) in [6.07, 6.45) is 0.982. The molecule has 3 fully saturated rings. The maximum Gasteiger partial charge on any atom is 0.407 e. The third kappa shape index (κ3) is 3.86. The van der Waals surface area contributed by atoms with Gasteiger partial charge in [-0.1, -0.05) is 48.5 Å². The van der Waals surface area contributed by atoms with Gasteiger partial charge in [0.2, 0.25) is 5.91 Å². The number of likely N-dealkylation sites (tertiary alicyclic amines) is 1. The van der Waals surface area contributed by atoms with Crippen LogP contribution in [0.2, 0.25) is 0 Å². The smallest absolute Gasteiger partial charge is 0.407 e. The van der Waals surface area contributed by atoms with Crippen molar-refractivity contribution < 1.29 is 29.0 Å². The topological polar surface area (TPSA) is 105 Å². The maximum atomic E-state index is 13.1. The second-order valence-electron chi connectivity index (χ2n) is 9.91. The fourth-order valence-corrected chi connectivity index (χ4v) is 6.11. The van der Waals surface area contributed by atoms with Gasteiger partial charge in [0.25, 0.3) is 0 Å². The van der Waals surface area contributed by atoms with Crippen molar-refractivity contribution >= 4 is 18.0 Å². The van der Waals surface area contributed by atoms with E-state index in [0.29, 0.717) is 32.4 Å². The Kier molecular flexibility index (Phi) is 5.48. The van der Waals surface area contributed by atoms with E-state index in [4.69, 9.17) is 9.47 Å². The molecule has 182 valence electrons. The predicted molar refractivity (Wildman–Crippen MR) is 126 cm³/mol. The number of nitrogens with zero attached hydrogens (tertiary/aromatic N) is 1. The fraction of sp³-hybridized carbons (Fsp3) is 0.444. The molecule has 8 heteroatoms. The van der Waals surface area contributed by atoms with Crippen LogP contribution in [0.5, 0.6) is 0 Å². The summed E-state index contributed by atoms with van der Waals surface area (Å²) in [5, 5.41) is 12.4. The van der Waals surface area contributed by atoms with Gasteiger partial charge in [0, 0.05) is 31.4 Å². The third-order valence-corrected chi connectivity index (χ3v) is 7.95. The molecule has 5 atom stereocenters. The lowest BCUT2D eigenvalue weighted by atomic mass is 9.98. The van der Waals surface area contributed by atoms with Gasteiger partial charge in [-0.25, -0.2) is 9.59 Å². The molecule has 0 bridgehead atoms. The lowest BCUT2D eigenvalue weighted by Crippen LogP contribution is -2.46. The van der Waals surface area contributed by atoms with Crippen LogP contribution in [0.1, 0.15) is 36.3 Å². The normalized spacial score (nSPS) is 28.2. The van der Waals surface area contributed by atoms with Crippen LogP contribution in [0, 0.1) is 11.8 Å². The molecule has 8 nitrogen and oxygen atoms in total. The summed E-state index contributed by atoms with van der Waals surface area (Å²) in [6.45, 7) is 1.14. The van der Waals surface area contributed by atoms with Gasteiger partial charge < -0.3 is 24.8 Å². The van der Waals surface area contributed by atoms with Gasteiger partial charge in [-0.3, -0.25) is 4.79 Å². The Morgan fingerprint density at radius 2 is 1.71 bits per heavy atom. The van der Waals surface area contributed by atoms with Crippen LogP contribution >= 0.6 is 0 Å². The number of nitrogens with one attached hydrogen (secondary N) is 1. The van der Waals surface area contributed by atoms with Gasteiger partial charge in [0.1, 0.15) is 12.6 Å².